The topological polar surface area (TPSA) is 79.5 Å². The van der Waals surface area contributed by atoms with E-state index in [9.17, 15) is 9.59 Å². The standard InChI is InChI=1S/C15H29N3O3/c1-15(2,3)18-14(20)6-10-17-13(19)7-11-21-12-4-8-16-9-5-12/h12,16H,4-11H2,1-3H3,(H,17,19)(H,18,20). The largest absolute Gasteiger partial charge is 0.378 e. The summed E-state index contributed by atoms with van der Waals surface area (Å²) in [5.74, 6) is -0.110. The van der Waals surface area contributed by atoms with Crippen LogP contribution in [0.1, 0.15) is 46.5 Å². The predicted octanol–water partition coefficient (Wildman–Crippen LogP) is 0.566. The zero-order valence-corrected chi connectivity index (χ0v) is 13.5. The second-order valence-electron chi connectivity index (χ2n) is 6.47. The summed E-state index contributed by atoms with van der Waals surface area (Å²) in [5, 5.41) is 8.87. The molecule has 1 saturated heterocycles. The van der Waals surface area contributed by atoms with Gasteiger partial charge >= 0.3 is 0 Å². The average Bonchev–Trinajstić information content (AvgIpc) is 2.38. The zero-order valence-electron chi connectivity index (χ0n) is 13.5. The van der Waals surface area contributed by atoms with Gasteiger partial charge in [-0.15, -0.1) is 0 Å². The number of nitrogens with one attached hydrogen (secondary N) is 3. The molecule has 0 atom stereocenters. The Morgan fingerprint density at radius 2 is 1.81 bits per heavy atom. The number of carbonyl (C=O) groups is 2. The van der Waals surface area contributed by atoms with Crippen LogP contribution in [0.3, 0.4) is 0 Å². The Hall–Kier alpha value is -1.14. The van der Waals surface area contributed by atoms with Gasteiger partial charge in [-0.25, -0.2) is 0 Å². The summed E-state index contributed by atoms with van der Waals surface area (Å²) in [6.45, 7) is 8.59. The van der Waals surface area contributed by atoms with E-state index in [4.69, 9.17) is 4.74 Å². The molecule has 1 aliphatic rings. The van der Waals surface area contributed by atoms with Crippen molar-refractivity contribution in [2.24, 2.45) is 0 Å². The van der Waals surface area contributed by atoms with Gasteiger partial charge in [-0.05, 0) is 46.7 Å². The average molecular weight is 299 g/mol. The molecule has 0 aliphatic carbocycles. The Balaban J connectivity index is 2.02. The maximum atomic E-state index is 11.6. The SMILES string of the molecule is CC(C)(C)NC(=O)CCNC(=O)CCOC1CCNCC1. The smallest absolute Gasteiger partial charge is 0.222 e. The molecule has 0 aromatic heterocycles. The van der Waals surface area contributed by atoms with Crippen molar-refractivity contribution < 1.29 is 14.3 Å². The summed E-state index contributed by atoms with van der Waals surface area (Å²) in [6.07, 6.45) is 2.95. The number of rotatable bonds is 7. The highest BCUT2D eigenvalue weighted by Crippen LogP contribution is 2.07. The van der Waals surface area contributed by atoms with Crippen molar-refractivity contribution >= 4 is 11.8 Å². The molecular weight excluding hydrogens is 270 g/mol. The van der Waals surface area contributed by atoms with Crippen molar-refractivity contribution in [3.8, 4) is 0 Å². The van der Waals surface area contributed by atoms with Crippen molar-refractivity contribution in [3.63, 3.8) is 0 Å². The van der Waals surface area contributed by atoms with E-state index in [1.54, 1.807) is 0 Å². The minimum atomic E-state index is -0.232. The van der Waals surface area contributed by atoms with E-state index in [0.29, 0.717) is 26.0 Å². The molecule has 1 rings (SSSR count). The van der Waals surface area contributed by atoms with Crippen molar-refractivity contribution in [2.75, 3.05) is 26.2 Å². The summed E-state index contributed by atoms with van der Waals surface area (Å²) < 4.78 is 5.67. The van der Waals surface area contributed by atoms with Gasteiger partial charge in [-0.1, -0.05) is 0 Å². The quantitative estimate of drug-likeness (QED) is 0.642. The van der Waals surface area contributed by atoms with E-state index in [1.807, 2.05) is 20.8 Å². The second kappa shape index (κ2) is 9.00. The third-order valence-corrected chi connectivity index (χ3v) is 3.16. The van der Waals surface area contributed by atoms with E-state index in [1.165, 1.54) is 0 Å². The monoisotopic (exact) mass is 299 g/mol. The first kappa shape index (κ1) is 17.9. The molecule has 1 fully saturated rings. The molecule has 0 aromatic carbocycles. The highest BCUT2D eigenvalue weighted by molar-refractivity contribution is 5.79. The van der Waals surface area contributed by atoms with Crippen LogP contribution in [-0.2, 0) is 14.3 Å². The minimum absolute atomic E-state index is 0.0474. The molecule has 0 unspecified atom stereocenters. The number of hydrogen-bond donors (Lipinski definition) is 3. The lowest BCUT2D eigenvalue weighted by Gasteiger charge is -2.22. The summed E-state index contributed by atoms with van der Waals surface area (Å²) in [6, 6.07) is 0. The maximum absolute atomic E-state index is 11.6. The molecule has 2 amide bonds. The lowest BCUT2D eigenvalue weighted by molar-refractivity contribution is -0.123. The van der Waals surface area contributed by atoms with E-state index >= 15 is 0 Å². The third kappa shape index (κ3) is 9.42. The molecule has 6 nitrogen and oxygen atoms in total. The number of piperidine rings is 1. The number of carbonyl (C=O) groups excluding carboxylic acids is 2. The summed E-state index contributed by atoms with van der Waals surface area (Å²) >= 11 is 0. The first-order valence-electron chi connectivity index (χ1n) is 7.77. The first-order valence-corrected chi connectivity index (χ1v) is 7.77. The van der Waals surface area contributed by atoms with Crippen LogP contribution >= 0.6 is 0 Å². The van der Waals surface area contributed by atoms with Crippen LogP contribution in [0.25, 0.3) is 0 Å². The Morgan fingerprint density at radius 1 is 1.14 bits per heavy atom. The van der Waals surface area contributed by atoms with Gasteiger partial charge in [0.05, 0.1) is 12.7 Å². The van der Waals surface area contributed by atoms with Crippen LogP contribution in [0.5, 0.6) is 0 Å². The van der Waals surface area contributed by atoms with Crippen LogP contribution in [-0.4, -0.2) is 49.7 Å². The fourth-order valence-corrected chi connectivity index (χ4v) is 2.16. The van der Waals surface area contributed by atoms with Crippen molar-refractivity contribution in [3.05, 3.63) is 0 Å². The van der Waals surface area contributed by atoms with E-state index in [0.717, 1.165) is 25.9 Å². The molecule has 1 aliphatic heterocycles. The molecular formula is C15H29N3O3. The molecule has 1 heterocycles. The Morgan fingerprint density at radius 3 is 2.43 bits per heavy atom. The molecule has 0 radical (unpaired) electrons. The van der Waals surface area contributed by atoms with Crippen molar-refractivity contribution in [2.45, 2.75) is 58.1 Å². The van der Waals surface area contributed by atoms with E-state index < -0.39 is 0 Å². The van der Waals surface area contributed by atoms with Gasteiger partial charge in [0.1, 0.15) is 0 Å². The molecule has 0 spiro atoms. The van der Waals surface area contributed by atoms with Gasteiger partial charge in [0.2, 0.25) is 11.8 Å². The van der Waals surface area contributed by atoms with Crippen molar-refractivity contribution in [1.82, 2.24) is 16.0 Å². The van der Waals surface area contributed by atoms with Crippen LogP contribution in [0.4, 0.5) is 0 Å². The lowest BCUT2D eigenvalue weighted by Crippen LogP contribution is -2.42. The molecule has 0 aromatic rings. The highest BCUT2D eigenvalue weighted by Gasteiger charge is 2.15. The van der Waals surface area contributed by atoms with Gasteiger partial charge in [-0.3, -0.25) is 9.59 Å². The third-order valence-electron chi connectivity index (χ3n) is 3.16. The second-order valence-corrected chi connectivity index (χ2v) is 6.47. The predicted molar refractivity (Wildman–Crippen MR) is 82.0 cm³/mol. The number of hydrogen-bond acceptors (Lipinski definition) is 4. The first-order chi connectivity index (χ1) is 9.87. The highest BCUT2D eigenvalue weighted by atomic mass is 16.5. The minimum Gasteiger partial charge on any atom is -0.378 e. The Bertz CT molecular complexity index is 334. The lowest BCUT2D eigenvalue weighted by atomic mass is 10.1. The molecule has 6 heteroatoms. The van der Waals surface area contributed by atoms with Gasteiger partial charge in [0.25, 0.3) is 0 Å². The van der Waals surface area contributed by atoms with Gasteiger partial charge in [0.15, 0.2) is 0 Å². The molecule has 122 valence electrons. The molecule has 3 N–H and O–H groups in total. The Labute approximate surface area is 127 Å². The van der Waals surface area contributed by atoms with Gasteiger partial charge in [0, 0.05) is 24.9 Å². The summed E-state index contributed by atoms with van der Waals surface area (Å²) in [7, 11) is 0. The van der Waals surface area contributed by atoms with Crippen LogP contribution in [0, 0.1) is 0 Å². The molecule has 21 heavy (non-hydrogen) atoms. The van der Waals surface area contributed by atoms with E-state index in [2.05, 4.69) is 16.0 Å². The molecule has 0 bridgehead atoms. The maximum Gasteiger partial charge on any atom is 0.222 e. The van der Waals surface area contributed by atoms with Crippen LogP contribution in [0.2, 0.25) is 0 Å². The number of amides is 2. The Kier molecular flexibility index (Phi) is 7.67. The van der Waals surface area contributed by atoms with Crippen molar-refractivity contribution in [1.29, 1.82) is 0 Å². The van der Waals surface area contributed by atoms with Crippen LogP contribution < -0.4 is 16.0 Å². The van der Waals surface area contributed by atoms with Crippen LogP contribution in [0.15, 0.2) is 0 Å². The van der Waals surface area contributed by atoms with E-state index in [-0.39, 0.29) is 23.5 Å². The fraction of sp³-hybridized carbons (Fsp3) is 0.867. The fourth-order valence-electron chi connectivity index (χ4n) is 2.16. The molecule has 0 saturated carbocycles. The van der Waals surface area contributed by atoms with Gasteiger partial charge < -0.3 is 20.7 Å². The normalized spacial score (nSPS) is 16.5. The number of ether oxygens (including phenoxy) is 1. The summed E-state index contributed by atoms with van der Waals surface area (Å²) in [5.41, 5.74) is -0.232. The van der Waals surface area contributed by atoms with Gasteiger partial charge in [-0.2, -0.15) is 0 Å². The zero-order chi connectivity index (χ0) is 15.7. The summed E-state index contributed by atoms with van der Waals surface area (Å²) in [4.78, 5) is 23.2.